The maximum Gasteiger partial charge on any atom is 0.282 e. The summed E-state index contributed by atoms with van der Waals surface area (Å²) in [6, 6.07) is 12.7. The number of hydrogen-bond donors (Lipinski definition) is 1. The van der Waals surface area contributed by atoms with Gasteiger partial charge in [-0.25, -0.2) is 5.01 Å². The fourth-order valence-corrected chi connectivity index (χ4v) is 3.39. The molecular weight excluding hydrogens is 406 g/mol. The van der Waals surface area contributed by atoms with Gasteiger partial charge in [0.15, 0.2) is 0 Å². The fourth-order valence-electron chi connectivity index (χ4n) is 3.39. The van der Waals surface area contributed by atoms with Gasteiger partial charge < -0.3 is 14.4 Å². The van der Waals surface area contributed by atoms with Crippen molar-refractivity contribution in [3.8, 4) is 11.5 Å². The molecule has 2 aromatic carbocycles. The smallest absolute Gasteiger partial charge is 0.282 e. The quantitative estimate of drug-likeness (QED) is 0.350. The van der Waals surface area contributed by atoms with E-state index in [4.69, 9.17) is 9.47 Å². The van der Waals surface area contributed by atoms with Gasteiger partial charge in [-0.05, 0) is 64.2 Å². The zero-order chi connectivity index (χ0) is 23.1. The molecule has 2 aromatic rings. The SMILES string of the molecule is CCCOc1ccc(/C=C2/C(=O)NN(c3ccccc3)C2=O)c(OCCCN(C)C)c1C. The summed E-state index contributed by atoms with van der Waals surface area (Å²) in [6.45, 7) is 6.00. The predicted octanol–water partition coefficient (Wildman–Crippen LogP) is 3.58. The molecule has 3 rings (SSSR count). The Balaban J connectivity index is 1.91. The first-order valence-corrected chi connectivity index (χ1v) is 10.9. The Morgan fingerprint density at radius 1 is 1.03 bits per heavy atom. The minimum atomic E-state index is -0.443. The van der Waals surface area contributed by atoms with Crippen LogP contribution in [0.1, 0.15) is 30.9 Å². The summed E-state index contributed by atoms with van der Waals surface area (Å²) < 4.78 is 12.0. The largest absolute Gasteiger partial charge is 0.493 e. The average Bonchev–Trinajstić information content (AvgIpc) is 3.06. The molecule has 0 unspecified atom stereocenters. The lowest BCUT2D eigenvalue weighted by Gasteiger charge is -2.17. The van der Waals surface area contributed by atoms with Gasteiger partial charge >= 0.3 is 0 Å². The van der Waals surface area contributed by atoms with Gasteiger partial charge in [0.2, 0.25) is 0 Å². The number of hydrogen-bond acceptors (Lipinski definition) is 5. The first-order valence-electron chi connectivity index (χ1n) is 10.9. The van der Waals surface area contributed by atoms with Crippen LogP contribution in [0.3, 0.4) is 0 Å². The van der Waals surface area contributed by atoms with Crippen LogP contribution in [0.25, 0.3) is 6.08 Å². The highest BCUT2D eigenvalue weighted by atomic mass is 16.5. The molecule has 7 heteroatoms. The molecule has 0 aliphatic carbocycles. The maximum atomic E-state index is 13.0. The van der Waals surface area contributed by atoms with Crippen molar-refractivity contribution in [2.75, 3.05) is 38.9 Å². The van der Waals surface area contributed by atoms with Crippen molar-refractivity contribution in [2.45, 2.75) is 26.7 Å². The first-order chi connectivity index (χ1) is 15.4. The van der Waals surface area contributed by atoms with E-state index in [9.17, 15) is 9.59 Å². The molecular formula is C25H31N3O4. The van der Waals surface area contributed by atoms with E-state index in [1.54, 1.807) is 18.2 Å². The summed E-state index contributed by atoms with van der Waals surface area (Å²) in [5, 5.41) is 1.26. The standard InChI is InChI=1S/C25H31N3O4/c1-5-15-31-22-13-12-19(23(18(22)2)32-16-9-14-27(3)4)17-21-24(29)26-28(25(21)30)20-10-7-6-8-11-20/h6-8,10-13,17H,5,9,14-16H2,1-4H3,(H,26,29)/b21-17-. The molecule has 1 heterocycles. The molecule has 0 saturated carbocycles. The number of para-hydroxylation sites is 1. The Bertz CT molecular complexity index is 986. The van der Waals surface area contributed by atoms with E-state index in [0.717, 1.165) is 30.7 Å². The topological polar surface area (TPSA) is 71.1 Å². The Morgan fingerprint density at radius 2 is 1.78 bits per heavy atom. The molecule has 7 nitrogen and oxygen atoms in total. The molecule has 1 aliphatic rings. The van der Waals surface area contributed by atoms with Gasteiger partial charge in [0.1, 0.15) is 17.1 Å². The van der Waals surface area contributed by atoms with E-state index in [2.05, 4.69) is 17.2 Å². The molecule has 2 amide bonds. The van der Waals surface area contributed by atoms with E-state index in [1.807, 2.05) is 51.4 Å². The molecule has 0 spiro atoms. The number of nitrogens with zero attached hydrogens (tertiary/aromatic N) is 2. The summed E-state index contributed by atoms with van der Waals surface area (Å²) >= 11 is 0. The van der Waals surface area contributed by atoms with Crippen molar-refractivity contribution in [1.82, 2.24) is 10.3 Å². The molecule has 170 valence electrons. The summed E-state index contributed by atoms with van der Waals surface area (Å²) in [5.41, 5.74) is 4.82. The first kappa shape index (κ1) is 23.3. The van der Waals surface area contributed by atoms with Crippen LogP contribution in [-0.2, 0) is 9.59 Å². The minimum absolute atomic E-state index is 0.0635. The van der Waals surface area contributed by atoms with Gasteiger partial charge in [-0.15, -0.1) is 0 Å². The van der Waals surface area contributed by atoms with Crippen molar-refractivity contribution in [3.05, 3.63) is 59.2 Å². The number of nitrogens with one attached hydrogen (secondary N) is 1. The fraction of sp³-hybridized carbons (Fsp3) is 0.360. The number of benzene rings is 2. The van der Waals surface area contributed by atoms with Gasteiger partial charge in [-0.1, -0.05) is 25.1 Å². The summed E-state index contributed by atoms with van der Waals surface area (Å²) in [7, 11) is 4.03. The third kappa shape index (κ3) is 5.48. The van der Waals surface area contributed by atoms with Crippen LogP contribution in [0.2, 0.25) is 0 Å². The highest BCUT2D eigenvalue weighted by molar-refractivity contribution is 6.31. The Kier molecular flexibility index (Phi) is 7.89. The van der Waals surface area contributed by atoms with Crippen molar-refractivity contribution < 1.29 is 19.1 Å². The highest BCUT2D eigenvalue weighted by Crippen LogP contribution is 2.34. The normalized spacial score (nSPS) is 14.9. The molecule has 0 radical (unpaired) electrons. The van der Waals surface area contributed by atoms with Crippen LogP contribution in [0.15, 0.2) is 48.0 Å². The Labute approximate surface area is 189 Å². The van der Waals surface area contributed by atoms with Gasteiger partial charge in [0.05, 0.1) is 18.9 Å². The van der Waals surface area contributed by atoms with Crippen LogP contribution >= 0.6 is 0 Å². The summed E-state index contributed by atoms with van der Waals surface area (Å²) in [4.78, 5) is 27.7. The number of ether oxygens (including phenoxy) is 2. The number of rotatable bonds is 10. The molecule has 1 aliphatic heterocycles. The summed E-state index contributed by atoms with van der Waals surface area (Å²) in [6.07, 6.45) is 3.34. The van der Waals surface area contributed by atoms with E-state index in [-0.39, 0.29) is 5.57 Å². The minimum Gasteiger partial charge on any atom is -0.493 e. The molecule has 1 saturated heterocycles. The van der Waals surface area contributed by atoms with Gasteiger partial charge in [-0.3, -0.25) is 15.0 Å². The van der Waals surface area contributed by atoms with Gasteiger partial charge in [0.25, 0.3) is 11.8 Å². The molecule has 1 fully saturated rings. The second-order valence-corrected chi connectivity index (χ2v) is 7.94. The monoisotopic (exact) mass is 437 g/mol. The van der Waals surface area contributed by atoms with Crippen molar-refractivity contribution >= 4 is 23.6 Å². The zero-order valence-electron chi connectivity index (χ0n) is 19.2. The highest BCUT2D eigenvalue weighted by Gasteiger charge is 2.34. The van der Waals surface area contributed by atoms with E-state index < -0.39 is 11.8 Å². The number of hydrazine groups is 1. The molecule has 1 N–H and O–H groups in total. The van der Waals surface area contributed by atoms with Crippen LogP contribution in [-0.4, -0.2) is 50.6 Å². The van der Waals surface area contributed by atoms with Crippen molar-refractivity contribution in [1.29, 1.82) is 0 Å². The number of carbonyl (C=O) groups excluding carboxylic acids is 2. The molecule has 0 bridgehead atoms. The second-order valence-electron chi connectivity index (χ2n) is 7.94. The lowest BCUT2D eigenvalue weighted by atomic mass is 10.0. The molecule has 32 heavy (non-hydrogen) atoms. The number of anilines is 1. The van der Waals surface area contributed by atoms with Crippen LogP contribution in [0, 0.1) is 6.92 Å². The van der Waals surface area contributed by atoms with Crippen molar-refractivity contribution in [3.63, 3.8) is 0 Å². The van der Waals surface area contributed by atoms with Crippen LogP contribution in [0.4, 0.5) is 5.69 Å². The molecule has 0 atom stereocenters. The molecule has 0 aromatic heterocycles. The van der Waals surface area contributed by atoms with Gasteiger partial charge in [-0.2, -0.15) is 0 Å². The lowest BCUT2D eigenvalue weighted by molar-refractivity contribution is -0.117. The third-order valence-electron chi connectivity index (χ3n) is 5.05. The summed E-state index contributed by atoms with van der Waals surface area (Å²) in [5.74, 6) is 0.526. The van der Waals surface area contributed by atoms with Crippen LogP contribution in [0.5, 0.6) is 11.5 Å². The van der Waals surface area contributed by atoms with Crippen LogP contribution < -0.4 is 19.9 Å². The number of carbonyl (C=O) groups is 2. The zero-order valence-corrected chi connectivity index (χ0v) is 19.2. The third-order valence-corrected chi connectivity index (χ3v) is 5.05. The van der Waals surface area contributed by atoms with E-state index in [0.29, 0.717) is 30.2 Å². The lowest BCUT2D eigenvalue weighted by Crippen LogP contribution is -2.35. The maximum absolute atomic E-state index is 13.0. The van der Waals surface area contributed by atoms with E-state index >= 15 is 0 Å². The van der Waals surface area contributed by atoms with E-state index in [1.165, 1.54) is 5.01 Å². The van der Waals surface area contributed by atoms with Gasteiger partial charge in [0, 0.05) is 17.7 Å². The predicted molar refractivity (Wildman–Crippen MR) is 126 cm³/mol. The average molecular weight is 438 g/mol. The van der Waals surface area contributed by atoms with Crippen molar-refractivity contribution in [2.24, 2.45) is 0 Å². The second kappa shape index (κ2) is 10.8. The number of amides is 2. The Hall–Kier alpha value is -3.32. The Morgan fingerprint density at radius 3 is 2.47 bits per heavy atom.